The largest absolute Gasteiger partial charge is 0.290 e. The Balaban J connectivity index is 1.44. The maximum Gasteiger partial charge on any atom is 0.0617 e. The van der Waals surface area contributed by atoms with Gasteiger partial charge in [-0.25, -0.2) is 0 Å². The van der Waals surface area contributed by atoms with Gasteiger partial charge in [0.25, 0.3) is 0 Å². The van der Waals surface area contributed by atoms with Crippen LogP contribution in [-0.2, 0) is 0 Å². The fraction of sp³-hybridized carbons (Fsp3) is 0.200. The second-order valence-corrected chi connectivity index (χ2v) is 9.56. The van der Waals surface area contributed by atoms with E-state index in [9.17, 15) is 0 Å². The molecule has 0 amide bonds. The van der Waals surface area contributed by atoms with Crippen molar-refractivity contribution in [2.75, 3.05) is 26.2 Å². The Labute approximate surface area is 212 Å². The van der Waals surface area contributed by atoms with E-state index in [0.717, 1.165) is 47.4 Å². The van der Waals surface area contributed by atoms with E-state index in [0.29, 0.717) is 0 Å². The number of hydrogen-bond donors (Lipinski definition) is 0. The van der Waals surface area contributed by atoms with Crippen molar-refractivity contribution in [1.29, 1.82) is 0 Å². The van der Waals surface area contributed by atoms with Crippen LogP contribution in [0.2, 0.25) is 10.0 Å². The van der Waals surface area contributed by atoms with Crippen molar-refractivity contribution in [3.63, 3.8) is 0 Å². The lowest BCUT2D eigenvalue weighted by molar-refractivity contribution is 0.0899. The minimum atomic E-state index is 0.132. The summed E-state index contributed by atoms with van der Waals surface area (Å²) in [5.74, 6) is 0. The molecule has 0 radical (unpaired) electrons. The molecule has 1 saturated heterocycles. The Kier molecular flexibility index (Phi) is 7.32. The standard InChI is InChI=1S/C30H28Cl2N2/c31-27-17-9-7-15-25(27)29(23-11-3-1-4-12-23)33-19-21-34(22-20-33)30(24-13-5-2-6-14-24)26-16-8-10-18-28(26)32/h1-18,29-30H,19-22H2/t29-,30-/m0/s1. The first-order valence-corrected chi connectivity index (χ1v) is 12.5. The Morgan fingerprint density at radius 1 is 0.441 bits per heavy atom. The van der Waals surface area contributed by atoms with Gasteiger partial charge in [0.2, 0.25) is 0 Å². The van der Waals surface area contributed by atoms with Gasteiger partial charge in [-0.05, 0) is 34.4 Å². The van der Waals surface area contributed by atoms with Crippen molar-refractivity contribution in [2.45, 2.75) is 12.1 Å². The van der Waals surface area contributed by atoms with E-state index in [1.807, 2.05) is 24.3 Å². The Morgan fingerprint density at radius 2 is 0.765 bits per heavy atom. The molecule has 2 nitrogen and oxygen atoms in total. The molecular weight excluding hydrogens is 459 g/mol. The van der Waals surface area contributed by atoms with Gasteiger partial charge in [-0.1, -0.05) is 120 Å². The summed E-state index contributed by atoms with van der Waals surface area (Å²) < 4.78 is 0. The highest BCUT2D eigenvalue weighted by Crippen LogP contribution is 2.37. The molecule has 2 atom stereocenters. The van der Waals surface area contributed by atoms with Crippen LogP contribution in [0.3, 0.4) is 0 Å². The van der Waals surface area contributed by atoms with Gasteiger partial charge in [0, 0.05) is 36.2 Å². The van der Waals surface area contributed by atoms with Crippen molar-refractivity contribution < 1.29 is 0 Å². The van der Waals surface area contributed by atoms with Gasteiger partial charge >= 0.3 is 0 Å². The zero-order valence-corrected chi connectivity index (χ0v) is 20.5. The summed E-state index contributed by atoms with van der Waals surface area (Å²) in [7, 11) is 0. The average Bonchev–Trinajstić information content (AvgIpc) is 2.89. The minimum absolute atomic E-state index is 0.132. The molecule has 0 saturated carbocycles. The lowest BCUT2D eigenvalue weighted by Gasteiger charge is -2.43. The van der Waals surface area contributed by atoms with Crippen LogP contribution in [0.15, 0.2) is 109 Å². The molecule has 1 heterocycles. The minimum Gasteiger partial charge on any atom is -0.290 e. The SMILES string of the molecule is Clc1ccccc1[C@H](c1ccccc1)N1CCN([C@@H](c2ccccc2)c2ccccc2Cl)CC1. The molecule has 0 unspecified atom stereocenters. The van der Waals surface area contributed by atoms with Crippen LogP contribution < -0.4 is 0 Å². The highest BCUT2D eigenvalue weighted by atomic mass is 35.5. The van der Waals surface area contributed by atoms with Gasteiger partial charge in [0.05, 0.1) is 12.1 Å². The van der Waals surface area contributed by atoms with Crippen LogP contribution in [-0.4, -0.2) is 36.0 Å². The molecule has 0 bridgehead atoms. The number of halogens is 2. The fourth-order valence-corrected chi connectivity index (χ4v) is 5.57. The first-order chi connectivity index (χ1) is 16.7. The summed E-state index contributed by atoms with van der Waals surface area (Å²) in [5.41, 5.74) is 4.87. The van der Waals surface area contributed by atoms with E-state index in [-0.39, 0.29) is 12.1 Å². The lowest BCUT2D eigenvalue weighted by Crippen LogP contribution is -2.49. The van der Waals surface area contributed by atoms with Crippen molar-refractivity contribution in [1.82, 2.24) is 9.80 Å². The summed E-state index contributed by atoms with van der Waals surface area (Å²) in [6.45, 7) is 3.77. The Morgan fingerprint density at radius 3 is 1.12 bits per heavy atom. The second kappa shape index (κ2) is 10.8. The van der Waals surface area contributed by atoms with Crippen LogP contribution in [0, 0.1) is 0 Å². The quantitative estimate of drug-likeness (QED) is 0.278. The van der Waals surface area contributed by atoms with Crippen LogP contribution in [0.1, 0.15) is 34.3 Å². The van der Waals surface area contributed by atoms with Crippen molar-refractivity contribution >= 4 is 23.2 Å². The van der Waals surface area contributed by atoms with E-state index in [2.05, 4.69) is 94.7 Å². The number of piperazine rings is 1. The Bertz CT molecular complexity index is 1110. The van der Waals surface area contributed by atoms with Gasteiger partial charge < -0.3 is 0 Å². The van der Waals surface area contributed by atoms with E-state index >= 15 is 0 Å². The molecule has 0 aromatic heterocycles. The number of hydrogen-bond acceptors (Lipinski definition) is 2. The number of rotatable bonds is 6. The zero-order chi connectivity index (χ0) is 23.3. The summed E-state index contributed by atoms with van der Waals surface area (Å²) in [4.78, 5) is 5.11. The van der Waals surface area contributed by atoms with Gasteiger partial charge in [-0.3, -0.25) is 9.80 Å². The fourth-order valence-electron chi connectivity index (χ4n) is 5.09. The third kappa shape index (κ3) is 4.92. The van der Waals surface area contributed by atoms with Gasteiger partial charge in [-0.15, -0.1) is 0 Å². The van der Waals surface area contributed by atoms with Gasteiger partial charge in [0.15, 0.2) is 0 Å². The first kappa shape index (κ1) is 23.1. The predicted molar refractivity (Wildman–Crippen MR) is 143 cm³/mol. The summed E-state index contributed by atoms with van der Waals surface area (Å²) in [6.07, 6.45) is 0. The highest BCUT2D eigenvalue weighted by Gasteiger charge is 2.32. The molecule has 1 fully saturated rings. The number of benzene rings is 4. The first-order valence-electron chi connectivity index (χ1n) is 11.8. The monoisotopic (exact) mass is 486 g/mol. The molecule has 4 heteroatoms. The molecular formula is C30H28Cl2N2. The van der Waals surface area contributed by atoms with Crippen molar-refractivity contribution in [3.05, 3.63) is 141 Å². The van der Waals surface area contributed by atoms with Crippen LogP contribution in [0.5, 0.6) is 0 Å². The molecule has 34 heavy (non-hydrogen) atoms. The molecule has 5 rings (SSSR count). The lowest BCUT2D eigenvalue weighted by atomic mass is 9.94. The molecule has 0 aliphatic carbocycles. The average molecular weight is 487 g/mol. The van der Waals surface area contributed by atoms with Crippen molar-refractivity contribution in [3.8, 4) is 0 Å². The van der Waals surface area contributed by atoms with E-state index in [4.69, 9.17) is 23.2 Å². The smallest absolute Gasteiger partial charge is 0.0617 e. The topological polar surface area (TPSA) is 6.48 Å². The van der Waals surface area contributed by atoms with E-state index in [1.165, 1.54) is 11.1 Å². The van der Waals surface area contributed by atoms with E-state index < -0.39 is 0 Å². The summed E-state index contributed by atoms with van der Waals surface area (Å²) >= 11 is 13.4. The maximum atomic E-state index is 6.69. The predicted octanol–water partition coefficient (Wildman–Crippen LogP) is 7.49. The highest BCUT2D eigenvalue weighted by molar-refractivity contribution is 6.31. The van der Waals surface area contributed by atoms with Gasteiger partial charge in [-0.2, -0.15) is 0 Å². The third-order valence-corrected chi connectivity index (χ3v) is 7.40. The Hall–Kier alpha value is -2.62. The molecule has 4 aromatic carbocycles. The maximum absolute atomic E-state index is 6.69. The van der Waals surface area contributed by atoms with Crippen LogP contribution in [0.25, 0.3) is 0 Å². The zero-order valence-electron chi connectivity index (χ0n) is 19.0. The van der Waals surface area contributed by atoms with E-state index in [1.54, 1.807) is 0 Å². The molecule has 1 aliphatic heterocycles. The van der Waals surface area contributed by atoms with Crippen LogP contribution in [0.4, 0.5) is 0 Å². The molecule has 172 valence electrons. The van der Waals surface area contributed by atoms with Crippen LogP contribution >= 0.6 is 23.2 Å². The second-order valence-electron chi connectivity index (χ2n) is 8.74. The van der Waals surface area contributed by atoms with Gasteiger partial charge in [0.1, 0.15) is 0 Å². The third-order valence-electron chi connectivity index (χ3n) is 6.71. The summed E-state index contributed by atoms with van der Waals surface area (Å²) in [6, 6.07) is 38.1. The molecule has 1 aliphatic rings. The molecule has 0 N–H and O–H groups in total. The summed E-state index contributed by atoms with van der Waals surface area (Å²) in [5, 5.41) is 1.63. The molecule has 0 spiro atoms. The van der Waals surface area contributed by atoms with Crippen molar-refractivity contribution in [2.24, 2.45) is 0 Å². The molecule has 4 aromatic rings. The normalized spacial score (nSPS) is 16.8. The number of nitrogens with zero attached hydrogens (tertiary/aromatic N) is 2.